The van der Waals surface area contributed by atoms with E-state index in [0.29, 0.717) is 23.7 Å². The summed E-state index contributed by atoms with van der Waals surface area (Å²) >= 11 is 0. The van der Waals surface area contributed by atoms with Gasteiger partial charge in [0.2, 0.25) is 5.88 Å². The van der Waals surface area contributed by atoms with Crippen LogP contribution >= 0.6 is 0 Å². The topological polar surface area (TPSA) is 152 Å². The lowest BCUT2D eigenvalue weighted by Crippen LogP contribution is -2.47. The van der Waals surface area contributed by atoms with Crippen LogP contribution < -0.4 is 20.7 Å². The van der Waals surface area contributed by atoms with E-state index in [-0.39, 0.29) is 23.2 Å². The Bertz CT molecular complexity index is 1270. The highest BCUT2D eigenvalue weighted by atomic mass is 19.1. The summed E-state index contributed by atoms with van der Waals surface area (Å²) in [7, 11) is 1.48. The third-order valence-electron chi connectivity index (χ3n) is 5.16. The molecular weight excluding hydrogens is 481 g/mol. The number of carbonyl (C=O) groups excluding carboxylic acids is 1. The minimum absolute atomic E-state index is 0.00671. The van der Waals surface area contributed by atoms with Gasteiger partial charge in [0.25, 0.3) is 0 Å². The number of amides is 1. The van der Waals surface area contributed by atoms with Gasteiger partial charge in [0.1, 0.15) is 17.4 Å². The summed E-state index contributed by atoms with van der Waals surface area (Å²) in [5, 5.41) is 26.1. The third-order valence-corrected chi connectivity index (χ3v) is 5.16. The van der Waals surface area contributed by atoms with Gasteiger partial charge in [-0.05, 0) is 46.2 Å². The largest absolute Gasteiger partial charge is 0.479 e. The molecule has 3 aromatic heterocycles. The number of anilines is 3. The van der Waals surface area contributed by atoms with Crippen LogP contribution in [0.4, 0.5) is 26.5 Å². The number of halogens is 1. The highest BCUT2D eigenvalue weighted by molar-refractivity contribution is 5.69. The van der Waals surface area contributed by atoms with Crippen molar-refractivity contribution in [2.24, 2.45) is 0 Å². The molecule has 0 aliphatic rings. The van der Waals surface area contributed by atoms with Crippen LogP contribution in [0.15, 0.2) is 30.7 Å². The van der Waals surface area contributed by atoms with Crippen LogP contribution in [0.25, 0.3) is 5.69 Å². The van der Waals surface area contributed by atoms with Crippen molar-refractivity contribution >= 4 is 23.4 Å². The van der Waals surface area contributed by atoms with Crippen LogP contribution in [-0.2, 0) is 4.74 Å². The van der Waals surface area contributed by atoms with Gasteiger partial charge in [-0.25, -0.2) is 23.8 Å². The fraction of sp³-hybridized carbons (Fsp3) is 0.417. The molecule has 0 aromatic carbocycles. The summed E-state index contributed by atoms with van der Waals surface area (Å²) in [5.41, 5.74) is 0.299. The predicted octanol–water partition coefficient (Wildman–Crippen LogP) is 3.92. The van der Waals surface area contributed by atoms with Gasteiger partial charge in [0, 0.05) is 6.04 Å². The van der Waals surface area contributed by atoms with E-state index in [2.05, 4.69) is 36.2 Å². The molecule has 0 radical (unpaired) electrons. The zero-order valence-corrected chi connectivity index (χ0v) is 21.5. The molecule has 1 amide bonds. The lowest BCUT2D eigenvalue weighted by Gasteiger charge is -2.27. The number of nitrogens with zero attached hydrogens (tertiary/aromatic N) is 6. The van der Waals surface area contributed by atoms with Crippen molar-refractivity contribution in [3.05, 3.63) is 42.1 Å². The number of rotatable bonds is 9. The number of hydrogen-bond donors (Lipinski definition) is 3. The first-order valence-electron chi connectivity index (χ1n) is 11.6. The molecule has 12 nitrogen and oxygen atoms in total. The number of ether oxygens (including phenoxy) is 2. The fourth-order valence-electron chi connectivity index (χ4n) is 3.43. The van der Waals surface area contributed by atoms with Gasteiger partial charge < -0.3 is 25.4 Å². The number of alkyl carbamates (subject to hydrolysis) is 1. The molecule has 196 valence electrons. The van der Waals surface area contributed by atoms with Crippen LogP contribution in [0, 0.1) is 17.1 Å². The van der Waals surface area contributed by atoms with Crippen molar-refractivity contribution in [1.29, 1.82) is 5.26 Å². The van der Waals surface area contributed by atoms with Crippen molar-refractivity contribution in [2.45, 2.75) is 58.7 Å². The number of hydrogen-bond acceptors (Lipinski definition) is 10. The summed E-state index contributed by atoms with van der Waals surface area (Å²) in [5.74, 6) is -0.375. The van der Waals surface area contributed by atoms with Crippen molar-refractivity contribution < 1.29 is 18.7 Å². The Morgan fingerprint density at radius 3 is 2.65 bits per heavy atom. The van der Waals surface area contributed by atoms with Crippen molar-refractivity contribution in [3.63, 3.8) is 0 Å². The molecule has 37 heavy (non-hydrogen) atoms. The molecule has 0 spiro atoms. The Labute approximate surface area is 214 Å². The van der Waals surface area contributed by atoms with Crippen LogP contribution in [0.2, 0.25) is 0 Å². The van der Waals surface area contributed by atoms with Crippen LogP contribution in [0.3, 0.4) is 0 Å². The minimum atomic E-state index is -0.711. The quantitative estimate of drug-likeness (QED) is 0.385. The molecule has 0 saturated carbocycles. The first-order chi connectivity index (χ1) is 17.5. The average Bonchev–Trinajstić information content (AvgIpc) is 3.38. The van der Waals surface area contributed by atoms with Gasteiger partial charge >= 0.3 is 6.09 Å². The summed E-state index contributed by atoms with van der Waals surface area (Å²) in [6.45, 7) is 8.99. The molecule has 3 heterocycles. The van der Waals surface area contributed by atoms with E-state index in [9.17, 15) is 14.4 Å². The van der Waals surface area contributed by atoms with Crippen molar-refractivity contribution in [2.75, 3.05) is 17.7 Å². The number of methoxy groups -OCH3 is 1. The highest BCUT2D eigenvalue weighted by Gasteiger charge is 2.24. The lowest BCUT2D eigenvalue weighted by molar-refractivity contribution is 0.0498. The van der Waals surface area contributed by atoms with Gasteiger partial charge in [0.05, 0.1) is 43.0 Å². The van der Waals surface area contributed by atoms with Crippen molar-refractivity contribution in [3.8, 4) is 17.6 Å². The summed E-state index contributed by atoms with van der Waals surface area (Å²) in [6.07, 6.45) is 4.60. The highest BCUT2D eigenvalue weighted by Crippen LogP contribution is 2.27. The van der Waals surface area contributed by atoms with Crippen molar-refractivity contribution in [1.82, 2.24) is 30.3 Å². The standard InChI is InChI=1S/C24H30FN9O3/c1-7-18(31-23(35)37-24(3,4)5)14(2)29-21-17(25)10-15(12-26)20(32-21)30-16-11-19(22(36-6)27-13-16)34-9-8-28-33-34/h8-11,13-14,18H,7H2,1-6H3,(H,31,35)(H2,29,30,32)/t14-,18+/m1/s1. The van der Waals surface area contributed by atoms with E-state index < -0.39 is 23.6 Å². The Morgan fingerprint density at radius 1 is 1.30 bits per heavy atom. The molecule has 0 unspecified atom stereocenters. The fourth-order valence-corrected chi connectivity index (χ4v) is 3.43. The molecular formula is C24H30FN9O3. The smallest absolute Gasteiger partial charge is 0.407 e. The zero-order valence-electron chi connectivity index (χ0n) is 21.5. The maximum absolute atomic E-state index is 14.9. The van der Waals surface area contributed by atoms with Crippen LogP contribution in [0.1, 0.15) is 46.6 Å². The van der Waals surface area contributed by atoms with E-state index in [1.807, 2.05) is 13.0 Å². The van der Waals surface area contributed by atoms with E-state index >= 15 is 0 Å². The summed E-state index contributed by atoms with van der Waals surface area (Å²) in [4.78, 5) is 20.8. The van der Waals surface area contributed by atoms with Gasteiger partial charge in [-0.3, -0.25) is 0 Å². The molecule has 2 atom stereocenters. The van der Waals surface area contributed by atoms with Crippen LogP contribution in [0.5, 0.6) is 5.88 Å². The Kier molecular flexibility index (Phi) is 8.44. The molecule has 0 bridgehead atoms. The molecule has 0 aliphatic carbocycles. The lowest BCUT2D eigenvalue weighted by atomic mass is 10.1. The monoisotopic (exact) mass is 511 g/mol. The first-order valence-corrected chi connectivity index (χ1v) is 11.6. The van der Waals surface area contributed by atoms with E-state index in [1.165, 1.54) is 24.2 Å². The van der Waals surface area contributed by atoms with E-state index in [4.69, 9.17) is 9.47 Å². The number of carbonyl (C=O) groups is 1. The molecule has 3 N–H and O–H groups in total. The number of aromatic nitrogens is 5. The van der Waals surface area contributed by atoms with Gasteiger partial charge in [-0.2, -0.15) is 5.26 Å². The maximum Gasteiger partial charge on any atom is 0.407 e. The SMILES string of the molecule is CC[C@H](NC(=O)OC(C)(C)C)[C@@H](C)Nc1nc(Nc2cnc(OC)c(-n3ccnn3)c2)c(C#N)cc1F. The normalized spacial score (nSPS) is 12.7. The molecule has 3 aromatic rings. The number of pyridine rings is 2. The summed E-state index contributed by atoms with van der Waals surface area (Å²) in [6, 6.07) is 3.92. The first kappa shape index (κ1) is 27.1. The molecule has 0 fully saturated rings. The molecule has 0 aliphatic heterocycles. The Hall–Kier alpha value is -4.47. The maximum atomic E-state index is 14.9. The summed E-state index contributed by atoms with van der Waals surface area (Å²) < 4.78 is 26.9. The van der Waals surface area contributed by atoms with E-state index in [0.717, 1.165) is 6.07 Å². The molecule has 0 saturated heterocycles. The van der Waals surface area contributed by atoms with Gasteiger partial charge in [-0.15, -0.1) is 5.10 Å². The second-order valence-corrected chi connectivity index (χ2v) is 9.15. The van der Waals surface area contributed by atoms with Gasteiger partial charge in [0.15, 0.2) is 17.5 Å². The predicted molar refractivity (Wildman–Crippen MR) is 134 cm³/mol. The number of nitriles is 1. The number of nitrogens with one attached hydrogen (secondary N) is 3. The van der Waals surface area contributed by atoms with Crippen LogP contribution in [-0.4, -0.2) is 55.8 Å². The molecule has 3 rings (SSSR count). The average molecular weight is 512 g/mol. The zero-order chi connectivity index (χ0) is 27.2. The molecule has 13 heteroatoms. The second kappa shape index (κ2) is 11.5. The Morgan fingerprint density at radius 2 is 2.05 bits per heavy atom. The second-order valence-electron chi connectivity index (χ2n) is 9.15. The minimum Gasteiger partial charge on any atom is -0.479 e. The third kappa shape index (κ3) is 7.03. The van der Waals surface area contributed by atoms with Gasteiger partial charge in [-0.1, -0.05) is 12.1 Å². The van der Waals surface area contributed by atoms with E-state index in [1.54, 1.807) is 40.0 Å². The Balaban J connectivity index is 1.84.